The smallest absolute Gasteiger partial charge is 0.228 e. The van der Waals surface area contributed by atoms with Crippen LogP contribution in [0.4, 0.5) is 11.6 Å². The third kappa shape index (κ3) is 6.86. The average Bonchev–Trinajstić information content (AvgIpc) is 2.91. The molecule has 0 bridgehead atoms. The number of anilines is 2. The van der Waals surface area contributed by atoms with Gasteiger partial charge in [-0.3, -0.25) is 9.69 Å². The number of hydrogen-bond acceptors (Lipinski definition) is 6. The number of carbonyl (C=O) groups is 1. The highest BCUT2D eigenvalue weighted by Gasteiger charge is 2.15. The maximum atomic E-state index is 11.4. The van der Waals surface area contributed by atoms with E-state index in [1.54, 1.807) is 0 Å². The molecular weight excluding hydrogens is 507 g/mol. The second kappa shape index (κ2) is 11.7. The summed E-state index contributed by atoms with van der Waals surface area (Å²) in [5.41, 5.74) is 4.22. The number of piperidine rings is 1. The summed E-state index contributed by atoms with van der Waals surface area (Å²) in [6.07, 6.45) is 1.26. The fraction of sp³-hybridized carbons (Fsp3) is 0.207. The first-order valence-corrected chi connectivity index (χ1v) is 12.9. The highest BCUT2D eigenvalue weighted by Crippen LogP contribution is 2.28. The minimum Gasteiger partial charge on any atom is -0.492 e. The van der Waals surface area contributed by atoms with E-state index in [4.69, 9.17) is 37.9 Å². The zero-order valence-electron chi connectivity index (χ0n) is 20.2. The van der Waals surface area contributed by atoms with Crippen molar-refractivity contribution in [3.05, 3.63) is 88.9 Å². The van der Waals surface area contributed by atoms with Crippen molar-refractivity contribution in [3.8, 4) is 28.3 Å². The van der Waals surface area contributed by atoms with E-state index in [9.17, 15) is 4.79 Å². The van der Waals surface area contributed by atoms with Crippen LogP contribution in [-0.2, 0) is 4.79 Å². The van der Waals surface area contributed by atoms with Gasteiger partial charge in [0.05, 0.1) is 11.4 Å². The number of ketones is 1. The second-order valence-electron chi connectivity index (χ2n) is 8.86. The topological polar surface area (TPSA) is 67.3 Å². The van der Waals surface area contributed by atoms with Crippen LogP contribution in [0.5, 0.6) is 5.75 Å². The molecule has 0 saturated carbocycles. The molecule has 1 aliphatic rings. The molecule has 1 aromatic heterocycles. The van der Waals surface area contributed by atoms with Gasteiger partial charge in [0.1, 0.15) is 18.1 Å². The fourth-order valence-electron chi connectivity index (χ4n) is 4.15. The molecule has 0 spiro atoms. The van der Waals surface area contributed by atoms with Crippen molar-refractivity contribution in [1.82, 2.24) is 14.9 Å². The first-order chi connectivity index (χ1) is 18.0. The van der Waals surface area contributed by atoms with E-state index in [2.05, 4.69) is 10.2 Å². The van der Waals surface area contributed by atoms with Crippen molar-refractivity contribution in [1.29, 1.82) is 0 Å². The molecule has 4 aromatic rings. The van der Waals surface area contributed by atoms with Gasteiger partial charge in [0, 0.05) is 65.4 Å². The van der Waals surface area contributed by atoms with Crippen LogP contribution in [0.2, 0.25) is 10.0 Å². The molecule has 2 heterocycles. The van der Waals surface area contributed by atoms with Crippen LogP contribution in [-0.4, -0.2) is 46.9 Å². The van der Waals surface area contributed by atoms with E-state index in [0.29, 0.717) is 41.2 Å². The number of rotatable bonds is 8. The molecular formula is C29H26Cl2N4O2. The molecule has 0 aliphatic carbocycles. The Bertz CT molecular complexity index is 1300. The fourth-order valence-corrected chi connectivity index (χ4v) is 4.40. The summed E-state index contributed by atoms with van der Waals surface area (Å²) in [6, 6.07) is 24.8. The summed E-state index contributed by atoms with van der Waals surface area (Å²) in [7, 11) is 0. The zero-order chi connectivity index (χ0) is 25.6. The van der Waals surface area contributed by atoms with E-state index in [-0.39, 0.29) is 0 Å². The standard InChI is InChI=1S/C29H26Cl2N4O2/c30-22-8-4-20(5-9-22)27-19-28(21-6-10-23(31)11-7-21)34-29(33-27)32-24-2-1-3-26(18-24)37-17-16-35-14-12-25(36)13-15-35/h1-11,18-19H,12-17H2,(H,32,33,34). The summed E-state index contributed by atoms with van der Waals surface area (Å²) in [5, 5.41) is 4.66. The van der Waals surface area contributed by atoms with E-state index >= 15 is 0 Å². The molecule has 6 nitrogen and oxygen atoms in total. The van der Waals surface area contributed by atoms with Crippen LogP contribution in [0.25, 0.3) is 22.5 Å². The van der Waals surface area contributed by atoms with Gasteiger partial charge in [0.2, 0.25) is 5.95 Å². The van der Waals surface area contributed by atoms with Crippen LogP contribution < -0.4 is 10.1 Å². The molecule has 0 radical (unpaired) electrons. The van der Waals surface area contributed by atoms with Crippen LogP contribution in [0.1, 0.15) is 12.8 Å². The van der Waals surface area contributed by atoms with E-state index < -0.39 is 0 Å². The van der Waals surface area contributed by atoms with Crippen LogP contribution in [0.3, 0.4) is 0 Å². The molecule has 8 heteroatoms. The van der Waals surface area contributed by atoms with E-state index in [1.807, 2.05) is 78.9 Å². The number of benzene rings is 3. The Kier molecular flexibility index (Phi) is 7.99. The lowest BCUT2D eigenvalue weighted by atomic mass is 10.1. The molecule has 0 unspecified atom stereocenters. The van der Waals surface area contributed by atoms with Crippen LogP contribution in [0, 0.1) is 0 Å². The first-order valence-electron chi connectivity index (χ1n) is 12.2. The van der Waals surface area contributed by atoms with Gasteiger partial charge in [-0.1, -0.05) is 53.5 Å². The number of halogens is 2. The highest BCUT2D eigenvalue weighted by molar-refractivity contribution is 6.30. The number of nitrogens with zero attached hydrogens (tertiary/aromatic N) is 3. The Morgan fingerprint density at radius 1 is 0.811 bits per heavy atom. The molecule has 1 aliphatic heterocycles. The Labute approximate surface area is 226 Å². The maximum absolute atomic E-state index is 11.4. The Hall–Kier alpha value is -3.45. The number of hydrogen-bond donors (Lipinski definition) is 1. The molecule has 1 saturated heterocycles. The molecule has 5 rings (SSSR count). The van der Waals surface area contributed by atoms with Gasteiger partial charge >= 0.3 is 0 Å². The lowest BCUT2D eigenvalue weighted by molar-refractivity contribution is -0.121. The summed E-state index contributed by atoms with van der Waals surface area (Å²) in [4.78, 5) is 23.2. The number of carbonyl (C=O) groups excluding carboxylic acids is 1. The van der Waals surface area contributed by atoms with Gasteiger partial charge in [-0.05, 0) is 42.5 Å². The summed E-state index contributed by atoms with van der Waals surface area (Å²) in [6.45, 7) is 2.96. The molecule has 1 fully saturated rings. The summed E-state index contributed by atoms with van der Waals surface area (Å²) >= 11 is 12.2. The van der Waals surface area contributed by atoms with Gasteiger partial charge in [-0.15, -0.1) is 0 Å². The predicted octanol–water partition coefficient (Wildman–Crippen LogP) is 6.90. The SMILES string of the molecule is O=C1CCN(CCOc2cccc(Nc3nc(-c4ccc(Cl)cc4)cc(-c4ccc(Cl)cc4)n3)c2)CC1. The largest absolute Gasteiger partial charge is 0.492 e. The Morgan fingerprint density at radius 3 is 2.00 bits per heavy atom. The molecule has 3 aromatic carbocycles. The maximum Gasteiger partial charge on any atom is 0.228 e. The highest BCUT2D eigenvalue weighted by atomic mass is 35.5. The van der Waals surface area contributed by atoms with Gasteiger partial charge in [0.25, 0.3) is 0 Å². The summed E-state index contributed by atoms with van der Waals surface area (Å²) in [5.74, 6) is 1.56. The van der Waals surface area contributed by atoms with Crippen molar-refractivity contribution >= 4 is 40.6 Å². The zero-order valence-corrected chi connectivity index (χ0v) is 21.7. The Balaban J connectivity index is 1.34. The summed E-state index contributed by atoms with van der Waals surface area (Å²) < 4.78 is 5.99. The normalized spacial score (nSPS) is 13.9. The average molecular weight is 533 g/mol. The predicted molar refractivity (Wildman–Crippen MR) is 149 cm³/mol. The molecule has 0 amide bonds. The second-order valence-corrected chi connectivity index (χ2v) is 9.73. The molecule has 188 valence electrons. The van der Waals surface area contributed by atoms with Gasteiger partial charge in [-0.2, -0.15) is 0 Å². The van der Waals surface area contributed by atoms with Crippen molar-refractivity contribution in [2.75, 3.05) is 31.6 Å². The van der Waals surface area contributed by atoms with Crippen molar-refractivity contribution in [2.24, 2.45) is 0 Å². The van der Waals surface area contributed by atoms with E-state index in [1.165, 1.54) is 0 Å². The quantitative estimate of drug-likeness (QED) is 0.266. The van der Waals surface area contributed by atoms with Crippen molar-refractivity contribution < 1.29 is 9.53 Å². The third-order valence-electron chi connectivity index (χ3n) is 6.19. The monoisotopic (exact) mass is 532 g/mol. The van der Waals surface area contributed by atoms with Gasteiger partial charge in [0.15, 0.2) is 0 Å². The lowest BCUT2D eigenvalue weighted by Crippen LogP contribution is -2.36. The number of likely N-dealkylation sites (tertiary alicyclic amines) is 1. The van der Waals surface area contributed by atoms with Crippen LogP contribution >= 0.6 is 23.2 Å². The number of ether oxygens (including phenoxy) is 1. The number of Topliss-reactive ketones (excluding diaryl/α,β-unsaturated/α-hetero) is 1. The number of aromatic nitrogens is 2. The van der Waals surface area contributed by atoms with Gasteiger partial charge in [-0.25, -0.2) is 9.97 Å². The molecule has 0 atom stereocenters. The number of nitrogens with one attached hydrogen (secondary N) is 1. The third-order valence-corrected chi connectivity index (χ3v) is 6.69. The molecule has 1 N–H and O–H groups in total. The minimum absolute atomic E-state index is 0.345. The van der Waals surface area contributed by atoms with Gasteiger partial charge < -0.3 is 10.1 Å². The van der Waals surface area contributed by atoms with Crippen LogP contribution in [0.15, 0.2) is 78.9 Å². The van der Waals surface area contributed by atoms with Crippen molar-refractivity contribution in [2.45, 2.75) is 12.8 Å². The van der Waals surface area contributed by atoms with E-state index in [0.717, 1.165) is 53.6 Å². The molecule has 37 heavy (non-hydrogen) atoms. The first kappa shape index (κ1) is 25.2. The van der Waals surface area contributed by atoms with Crippen molar-refractivity contribution in [3.63, 3.8) is 0 Å². The lowest BCUT2D eigenvalue weighted by Gasteiger charge is -2.25. The minimum atomic E-state index is 0.345. The Morgan fingerprint density at radius 2 is 1.41 bits per heavy atom.